The molecule has 1 atom stereocenters. The SMILES string of the molecule is CC(=O)CC(=O)NC[C@H]1COc2ccccc2O1. The molecule has 0 fully saturated rings. The van der Waals surface area contributed by atoms with Crippen LogP contribution in [-0.2, 0) is 9.59 Å². The van der Waals surface area contributed by atoms with E-state index in [0.29, 0.717) is 24.7 Å². The van der Waals surface area contributed by atoms with Crippen LogP contribution in [0, 0.1) is 0 Å². The third-order valence-electron chi connectivity index (χ3n) is 2.50. The first-order chi connectivity index (χ1) is 8.65. The molecule has 1 aliphatic rings. The van der Waals surface area contributed by atoms with Gasteiger partial charge in [-0.1, -0.05) is 12.1 Å². The highest BCUT2D eigenvalue weighted by molar-refractivity contribution is 5.96. The van der Waals surface area contributed by atoms with Gasteiger partial charge >= 0.3 is 0 Å². The highest BCUT2D eigenvalue weighted by atomic mass is 16.6. The number of carbonyl (C=O) groups is 2. The van der Waals surface area contributed by atoms with Gasteiger partial charge in [0.25, 0.3) is 0 Å². The first kappa shape index (κ1) is 12.4. The number of benzene rings is 1. The number of ketones is 1. The minimum atomic E-state index is -0.287. The third kappa shape index (κ3) is 3.23. The van der Waals surface area contributed by atoms with Crippen LogP contribution in [0.15, 0.2) is 24.3 Å². The van der Waals surface area contributed by atoms with Crippen LogP contribution in [0.5, 0.6) is 11.5 Å². The lowest BCUT2D eigenvalue weighted by Crippen LogP contribution is -2.41. The zero-order valence-corrected chi connectivity index (χ0v) is 10.1. The normalized spacial score (nSPS) is 17.1. The van der Waals surface area contributed by atoms with Crippen LogP contribution in [0.3, 0.4) is 0 Å². The molecule has 5 heteroatoms. The predicted molar refractivity (Wildman–Crippen MR) is 64.7 cm³/mol. The number of Topliss-reactive ketones (excluding diaryl/α,β-unsaturated/α-hetero) is 1. The minimum Gasteiger partial charge on any atom is -0.486 e. The van der Waals surface area contributed by atoms with Crippen molar-refractivity contribution in [3.05, 3.63) is 24.3 Å². The van der Waals surface area contributed by atoms with Gasteiger partial charge in [0.05, 0.1) is 13.0 Å². The van der Waals surface area contributed by atoms with Crippen molar-refractivity contribution in [1.82, 2.24) is 5.32 Å². The molecule has 0 saturated carbocycles. The molecular formula is C13H15NO4. The molecule has 0 radical (unpaired) electrons. The Labute approximate surface area is 105 Å². The van der Waals surface area contributed by atoms with Crippen LogP contribution in [0.1, 0.15) is 13.3 Å². The maximum atomic E-state index is 11.3. The Hall–Kier alpha value is -2.04. The Balaban J connectivity index is 1.83. The average Bonchev–Trinajstić information content (AvgIpc) is 2.35. The summed E-state index contributed by atoms with van der Waals surface area (Å²) >= 11 is 0. The molecule has 1 heterocycles. The van der Waals surface area contributed by atoms with Gasteiger partial charge in [-0.3, -0.25) is 9.59 Å². The number of para-hydroxylation sites is 2. The second-order valence-electron chi connectivity index (χ2n) is 4.18. The van der Waals surface area contributed by atoms with Gasteiger partial charge in [0, 0.05) is 0 Å². The van der Waals surface area contributed by atoms with Crippen molar-refractivity contribution in [2.45, 2.75) is 19.4 Å². The van der Waals surface area contributed by atoms with Crippen molar-refractivity contribution in [2.24, 2.45) is 0 Å². The molecule has 1 aromatic carbocycles. The summed E-state index contributed by atoms with van der Waals surface area (Å²) in [4.78, 5) is 22.1. The summed E-state index contributed by atoms with van der Waals surface area (Å²) in [5.74, 6) is 0.946. The predicted octanol–water partition coefficient (Wildman–Crippen LogP) is 0.922. The molecule has 1 aliphatic heterocycles. The summed E-state index contributed by atoms with van der Waals surface area (Å²) in [5.41, 5.74) is 0. The van der Waals surface area contributed by atoms with E-state index in [1.165, 1.54) is 6.92 Å². The van der Waals surface area contributed by atoms with Gasteiger partial charge in [0.15, 0.2) is 11.5 Å². The molecule has 0 saturated heterocycles. The Bertz CT molecular complexity index is 458. The van der Waals surface area contributed by atoms with Crippen molar-refractivity contribution in [1.29, 1.82) is 0 Å². The summed E-state index contributed by atoms with van der Waals surface area (Å²) in [7, 11) is 0. The second kappa shape index (κ2) is 5.53. The van der Waals surface area contributed by atoms with Crippen molar-refractivity contribution < 1.29 is 19.1 Å². The lowest BCUT2D eigenvalue weighted by Gasteiger charge is -2.26. The molecule has 1 aromatic rings. The minimum absolute atomic E-state index is 0.0931. The number of amides is 1. The number of hydrogen-bond acceptors (Lipinski definition) is 4. The summed E-state index contributed by atoms with van der Waals surface area (Å²) in [6.45, 7) is 2.11. The van der Waals surface area contributed by atoms with Gasteiger partial charge in [0.2, 0.25) is 5.91 Å². The highest BCUT2D eigenvalue weighted by Crippen LogP contribution is 2.30. The fourth-order valence-electron chi connectivity index (χ4n) is 1.68. The number of carbonyl (C=O) groups excluding carboxylic acids is 2. The largest absolute Gasteiger partial charge is 0.486 e. The standard InChI is InChI=1S/C13H15NO4/c1-9(15)6-13(16)14-7-10-8-17-11-4-2-3-5-12(11)18-10/h2-5,10H,6-8H2,1H3,(H,14,16)/t10-/m0/s1. The molecule has 0 spiro atoms. The molecule has 96 valence electrons. The maximum Gasteiger partial charge on any atom is 0.227 e. The van der Waals surface area contributed by atoms with Gasteiger partial charge in [-0.05, 0) is 19.1 Å². The third-order valence-corrected chi connectivity index (χ3v) is 2.50. The van der Waals surface area contributed by atoms with Gasteiger partial charge in [0.1, 0.15) is 18.5 Å². The van der Waals surface area contributed by atoms with Crippen molar-refractivity contribution >= 4 is 11.7 Å². The first-order valence-corrected chi connectivity index (χ1v) is 5.80. The van der Waals surface area contributed by atoms with Crippen LogP contribution >= 0.6 is 0 Å². The number of hydrogen-bond donors (Lipinski definition) is 1. The number of fused-ring (bicyclic) bond motifs is 1. The van der Waals surface area contributed by atoms with E-state index < -0.39 is 0 Å². The summed E-state index contributed by atoms with van der Waals surface area (Å²) in [6.07, 6.45) is -0.319. The molecule has 1 amide bonds. The molecule has 0 aromatic heterocycles. The van der Waals surface area contributed by atoms with Crippen molar-refractivity contribution in [2.75, 3.05) is 13.2 Å². The number of ether oxygens (including phenoxy) is 2. The van der Waals surface area contributed by atoms with E-state index in [2.05, 4.69) is 5.32 Å². The Morgan fingerprint density at radius 2 is 2.06 bits per heavy atom. The van der Waals surface area contributed by atoms with E-state index in [4.69, 9.17) is 9.47 Å². The summed E-state index contributed by atoms with van der Waals surface area (Å²) in [6, 6.07) is 7.38. The molecule has 1 N–H and O–H groups in total. The van der Waals surface area contributed by atoms with Crippen LogP contribution in [0.4, 0.5) is 0 Å². The zero-order chi connectivity index (χ0) is 13.0. The molecule has 2 rings (SSSR count). The zero-order valence-electron chi connectivity index (χ0n) is 10.1. The lowest BCUT2D eigenvalue weighted by atomic mass is 10.2. The van der Waals surface area contributed by atoms with E-state index in [1.54, 1.807) is 0 Å². The summed E-state index contributed by atoms with van der Waals surface area (Å²) in [5, 5.41) is 2.65. The van der Waals surface area contributed by atoms with Gasteiger partial charge < -0.3 is 14.8 Å². The van der Waals surface area contributed by atoms with Crippen molar-refractivity contribution in [3.63, 3.8) is 0 Å². The molecule has 0 bridgehead atoms. The highest BCUT2D eigenvalue weighted by Gasteiger charge is 2.21. The molecule has 18 heavy (non-hydrogen) atoms. The van der Waals surface area contributed by atoms with Crippen LogP contribution in [0.25, 0.3) is 0 Å². The first-order valence-electron chi connectivity index (χ1n) is 5.80. The molecule has 5 nitrogen and oxygen atoms in total. The average molecular weight is 249 g/mol. The number of nitrogens with one attached hydrogen (secondary N) is 1. The van der Waals surface area contributed by atoms with E-state index in [0.717, 1.165) is 0 Å². The Morgan fingerprint density at radius 1 is 1.33 bits per heavy atom. The van der Waals surface area contributed by atoms with E-state index in [1.807, 2.05) is 24.3 Å². The Kier molecular flexibility index (Phi) is 3.82. The monoisotopic (exact) mass is 249 g/mol. The second-order valence-corrected chi connectivity index (χ2v) is 4.18. The van der Waals surface area contributed by atoms with Crippen LogP contribution < -0.4 is 14.8 Å². The molecule has 0 unspecified atom stereocenters. The van der Waals surface area contributed by atoms with E-state index in [-0.39, 0.29) is 24.2 Å². The van der Waals surface area contributed by atoms with E-state index in [9.17, 15) is 9.59 Å². The van der Waals surface area contributed by atoms with Gasteiger partial charge in [-0.25, -0.2) is 0 Å². The topological polar surface area (TPSA) is 64.6 Å². The lowest BCUT2D eigenvalue weighted by molar-refractivity contribution is -0.127. The molecular weight excluding hydrogens is 234 g/mol. The van der Waals surface area contributed by atoms with E-state index >= 15 is 0 Å². The number of rotatable bonds is 4. The fourth-order valence-corrected chi connectivity index (χ4v) is 1.68. The maximum absolute atomic E-state index is 11.3. The quantitative estimate of drug-likeness (QED) is 0.806. The van der Waals surface area contributed by atoms with Crippen LogP contribution in [0.2, 0.25) is 0 Å². The van der Waals surface area contributed by atoms with Crippen LogP contribution in [-0.4, -0.2) is 30.9 Å². The van der Waals surface area contributed by atoms with Crippen molar-refractivity contribution in [3.8, 4) is 11.5 Å². The fraction of sp³-hybridized carbons (Fsp3) is 0.385. The summed E-state index contributed by atoms with van der Waals surface area (Å²) < 4.78 is 11.2. The van der Waals surface area contributed by atoms with Gasteiger partial charge in [-0.2, -0.15) is 0 Å². The van der Waals surface area contributed by atoms with Gasteiger partial charge in [-0.15, -0.1) is 0 Å². The molecule has 0 aliphatic carbocycles. The Morgan fingerprint density at radius 3 is 2.78 bits per heavy atom. The smallest absolute Gasteiger partial charge is 0.227 e.